The molecule has 8 heteroatoms. The molecule has 2 N–H and O–H groups in total. The van der Waals surface area contributed by atoms with Crippen molar-refractivity contribution in [3.8, 4) is 5.75 Å². The van der Waals surface area contributed by atoms with Crippen LogP contribution >= 0.6 is 0 Å². The van der Waals surface area contributed by atoms with Crippen molar-refractivity contribution < 1.29 is 23.5 Å². The van der Waals surface area contributed by atoms with E-state index in [9.17, 15) is 18.8 Å². The Morgan fingerprint density at radius 1 is 1.18 bits per heavy atom. The lowest BCUT2D eigenvalue weighted by atomic mass is 9.93. The molecule has 28 heavy (non-hydrogen) atoms. The van der Waals surface area contributed by atoms with Gasteiger partial charge < -0.3 is 10.1 Å². The Labute approximate surface area is 161 Å². The smallest absolute Gasteiger partial charge is 0.344 e. The van der Waals surface area contributed by atoms with Gasteiger partial charge in [-0.3, -0.25) is 15.0 Å². The monoisotopic (exact) mass is 385 g/mol. The van der Waals surface area contributed by atoms with Gasteiger partial charge in [0.2, 0.25) is 0 Å². The topological polar surface area (TPSA) is 87.7 Å². The summed E-state index contributed by atoms with van der Waals surface area (Å²) < 4.78 is 18.3. The molecule has 0 radical (unpaired) electrons. The van der Waals surface area contributed by atoms with Gasteiger partial charge in [0.05, 0.1) is 0 Å². The number of carbonyl (C=O) groups excluding carboxylic acids is 3. The molecule has 146 valence electrons. The van der Waals surface area contributed by atoms with Crippen LogP contribution in [0.15, 0.2) is 54.6 Å². The number of hydrogen-bond acceptors (Lipinski definition) is 4. The molecular formula is C20H20FN3O4. The second-order valence-electron chi connectivity index (χ2n) is 6.67. The van der Waals surface area contributed by atoms with E-state index in [1.165, 1.54) is 18.2 Å². The second kappa shape index (κ2) is 8.08. The number of amides is 4. The minimum Gasteiger partial charge on any atom is -0.484 e. The number of nitrogens with zero attached hydrogens (tertiary/aromatic N) is 1. The van der Waals surface area contributed by atoms with Crippen molar-refractivity contribution in [2.45, 2.75) is 25.3 Å². The van der Waals surface area contributed by atoms with Gasteiger partial charge in [-0.2, -0.15) is 5.01 Å². The molecule has 0 bridgehead atoms. The fourth-order valence-electron chi connectivity index (χ4n) is 2.86. The zero-order valence-electron chi connectivity index (χ0n) is 15.3. The molecule has 0 aromatic heterocycles. The molecular weight excluding hydrogens is 365 g/mol. The Morgan fingerprint density at radius 2 is 1.93 bits per heavy atom. The third-order valence-corrected chi connectivity index (χ3v) is 4.42. The van der Waals surface area contributed by atoms with E-state index in [0.717, 1.165) is 11.6 Å². The van der Waals surface area contributed by atoms with Gasteiger partial charge in [0.1, 0.15) is 17.1 Å². The zero-order valence-corrected chi connectivity index (χ0v) is 15.3. The predicted molar refractivity (Wildman–Crippen MR) is 98.6 cm³/mol. The van der Waals surface area contributed by atoms with Crippen molar-refractivity contribution in [2.75, 3.05) is 6.61 Å². The number of hydrogen-bond donors (Lipinski definition) is 2. The van der Waals surface area contributed by atoms with Crippen molar-refractivity contribution in [2.24, 2.45) is 0 Å². The molecule has 1 saturated heterocycles. The van der Waals surface area contributed by atoms with Gasteiger partial charge in [-0.1, -0.05) is 36.4 Å². The quantitative estimate of drug-likeness (QED) is 0.715. The molecule has 0 spiro atoms. The molecule has 4 amide bonds. The summed E-state index contributed by atoms with van der Waals surface area (Å²) in [5.74, 6) is -1.59. The summed E-state index contributed by atoms with van der Waals surface area (Å²) >= 11 is 0. The number of benzene rings is 2. The van der Waals surface area contributed by atoms with Crippen LogP contribution in [0.5, 0.6) is 5.75 Å². The number of hydrazine groups is 1. The molecule has 3 rings (SSSR count). The molecule has 0 saturated carbocycles. The number of carbonyl (C=O) groups is 3. The molecule has 2 aromatic rings. The van der Waals surface area contributed by atoms with Crippen LogP contribution in [0.25, 0.3) is 0 Å². The van der Waals surface area contributed by atoms with Gasteiger partial charge in [-0.25, -0.2) is 9.18 Å². The number of aryl methyl sites for hydroxylation is 1. The summed E-state index contributed by atoms with van der Waals surface area (Å²) in [7, 11) is 0. The molecule has 1 fully saturated rings. The lowest BCUT2D eigenvalue weighted by Crippen LogP contribution is -2.50. The molecule has 1 atom stereocenters. The highest BCUT2D eigenvalue weighted by Crippen LogP contribution is 2.22. The fourth-order valence-corrected chi connectivity index (χ4v) is 2.86. The first kappa shape index (κ1) is 19.3. The van der Waals surface area contributed by atoms with E-state index in [-0.39, 0.29) is 5.75 Å². The summed E-state index contributed by atoms with van der Waals surface area (Å²) in [6.07, 6.45) is 0.974. The van der Waals surface area contributed by atoms with Crippen LogP contribution < -0.4 is 15.5 Å². The van der Waals surface area contributed by atoms with Gasteiger partial charge in [0.15, 0.2) is 6.61 Å². The van der Waals surface area contributed by atoms with Gasteiger partial charge in [-0.05, 0) is 37.5 Å². The number of halogens is 1. The van der Waals surface area contributed by atoms with E-state index < -0.39 is 35.8 Å². The maximum atomic E-state index is 13.1. The van der Waals surface area contributed by atoms with Crippen molar-refractivity contribution in [3.63, 3.8) is 0 Å². The van der Waals surface area contributed by atoms with Crippen LogP contribution in [0.1, 0.15) is 18.9 Å². The van der Waals surface area contributed by atoms with Crippen LogP contribution in [-0.2, 0) is 16.0 Å². The summed E-state index contributed by atoms with van der Waals surface area (Å²) in [5.41, 5.74) is 2.15. The Hall–Kier alpha value is -3.42. The highest BCUT2D eigenvalue weighted by molar-refractivity contribution is 6.07. The summed E-state index contributed by atoms with van der Waals surface area (Å²) in [4.78, 5) is 36.8. The number of urea groups is 1. The Morgan fingerprint density at radius 3 is 2.64 bits per heavy atom. The Bertz CT molecular complexity index is 890. The van der Waals surface area contributed by atoms with Crippen LogP contribution in [0.4, 0.5) is 9.18 Å². The van der Waals surface area contributed by atoms with Gasteiger partial charge >= 0.3 is 6.03 Å². The normalized spacial score (nSPS) is 18.7. The number of nitrogens with one attached hydrogen (secondary N) is 2. The maximum Gasteiger partial charge on any atom is 0.344 e. The molecule has 1 aliphatic rings. The van der Waals surface area contributed by atoms with Crippen molar-refractivity contribution in [1.29, 1.82) is 0 Å². The molecule has 2 aromatic carbocycles. The van der Waals surface area contributed by atoms with E-state index in [1.54, 1.807) is 6.92 Å². The van der Waals surface area contributed by atoms with Crippen molar-refractivity contribution >= 4 is 17.8 Å². The first-order valence-corrected chi connectivity index (χ1v) is 8.76. The minimum absolute atomic E-state index is 0.167. The molecule has 1 heterocycles. The van der Waals surface area contributed by atoms with Gasteiger partial charge in [0.25, 0.3) is 11.8 Å². The van der Waals surface area contributed by atoms with Gasteiger partial charge in [0, 0.05) is 6.07 Å². The van der Waals surface area contributed by atoms with Crippen molar-refractivity contribution in [1.82, 2.24) is 15.8 Å². The van der Waals surface area contributed by atoms with E-state index >= 15 is 0 Å². The predicted octanol–water partition coefficient (Wildman–Crippen LogP) is 2.18. The number of ether oxygens (including phenoxy) is 1. The van der Waals surface area contributed by atoms with E-state index in [0.29, 0.717) is 17.9 Å². The summed E-state index contributed by atoms with van der Waals surface area (Å²) in [6.45, 7) is 1.15. The number of rotatable bonds is 7. The standard InChI is InChI=1S/C20H20FN3O4/c1-20(11-10-14-6-3-2-4-7-14)18(26)24(19(27)22-20)23-17(25)13-28-16-9-5-8-15(21)12-16/h2-9,12H,10-11,13H2,1H3,(H,22,27)(H,23,25)/t20-/m0/s1. The largest absolute Gasteiger partial charge is 0.484 e. The Kier molecular flexibility index (Phi) is 5.58. The maximum absolute atomic E-state index is 13.1. The van der Waals surface area contributed by atoms with Crippen LogP contribution in [0, 0.1) is 5.82 Å². The minimum atomic E-state index is -1.12. The van der Waals surface area contributed by atoms with Gasteiger partial charge in [-0.15, -0.1) is 0 Å². The highest BCUT2D eigenvalue weighted by Gasteiger charge is 2.48. The van der Waals surface area contributed by atoms with E-state index in [2.05, 4.69) is 10.7 Å². The van der Waals surface area contributed by atoms with E-state index in [1.807, 2.05) is 30.3 Å². The number of imide groups is 1. The van der Waals surface area contributed by atoms with Crippen molar-refractivity contribution in [3.05, 3.63) is 66.0 Å². The average Bonchev–Trinajstić information content (AvgIpc) is 2.89. The molecule has 1 aliphatic heterocycles. The lowest BCUT2D eigenvalue weighted by Gasteiger charge is -2.21. The fraction of sp³-hybridized carbons (Fsp3) is 0.250. The lowest BCUT2D eigenvalue weighted by molar-refractivity contribution is -0.139. The van der Waals surface area contributed by atoms with Crippen LogP contribution in [0.2, 0.25) is 0 Å². The molecule has 7 nitrogen and oxygen atoms in total. The zero-order chi connectivity index (χ0) is 20.1. The van der Waals surface area contributed by atoms with Crippen LogP contribution in [-0.4, -0.2) is 35.0 Å². The Balaban J connectivity index is 1.56. The first-order chi connectivity index (χ1) is 13.4. The summed E-state index contributed by atoms with van der Waals surface area (Å²) in [6, 6.07) is 14.2. The highest BCUT2D eigenvalue weighted by atomic mass is 19.1. The summed E-state index contributed by atoms with van der Waals surface area (Å²) in [5, 5.41) is 3.27. The van der Waals surface area contributed by atoms with E-state index in [4.69, 9.17) is 4.74 Å². The van der Waals surface area contributed by atoms with Crippen LogP contribution in [0.3, 0.4) is 0 Å². The third-order valence-electron chi connectivity index (χ3n) is 4.42. The second-order valence-corrected chi connectivity index (χ2v) is 6.67. The third kappa shape index (κ3) is 4.46. The molecule has 0 aliphatic carbocycles. The SMILES string of the molecule is C[C@@]1(CCc2ccccc2)NC(=O)N(NC(=O)COc2cccc(F)c2)C1=O. The molecule has 0 unspecified atom stereocenters. The first-order valence-electron chi connectivity index (χ1n) is 8.76. The average molecular weight is 385 g/mol.